The fraction of sp³-hybridized carbons (Fsp3) is 0.667. The molecular weight excluding hydrogens is 168 g/mol. The molecule has 1 fully saturated rings. The topological polar surface area (TPSA) is 24.9 Å². The van der Waals surface area contributed by atoms with E-state index in [0.29, 0.717) is 6.04 Å². The van der Waals surface area contributed by atoms with E-state index >= 15 is 0 Å². The minimum atomic E-state index is 0.539. The average molecular weight is 182 g/mol. The molecule has 0 aliphatic carbocycles. The third-order valence-electron chi connectivity index (χ3n) is 2.25. The number of aryl methyl sites for hydroxylation is 1. The Hall–Kier alpha value is -0.410. The molecule has 1 aliphatic heterocycles. The van der Waals surface area contributed by atoms with Gasteiger partial charge in [0.25, 0.3) is 0 Å². The Morgan fingerprint density at radius 2 is 2.50 bits per heavy atom. The number of hydrogen-bond donors (Lipinski definition) is 1. The second-order valence-corrected chi connectivity index (χ2v) is 4.22. The quantitative estimate of drug-likeness (QED) is 0.720. The van der Waals surface area contributed by atoms with Gasteiger partial charge in [-0.15, -0.1) is 11.3 Å². The van der Waals surface area contributed by atoms with Crippen LogP contribution in [0.1, 0.15) is 36.0 Å². The van der Waals surface area contributed by atoms with Crippen LogP contribution in [-0.2, 0) is 0 Å². The van der Waals surface area contributed by atoms with Crippen molar-refractivity contribution in [2.24, 2.45) is 0 Å². The van der Waals surface area contributed by atoms with Gasteiger partial charge in [-0.2, -0.15) is 0 Å². The van der Waals surface area contributed by atoms with E-state index in [0.717, 1.165) is 12.2 Å². The first kappa shape index (κ1) is 8.20. The summed E-state index contributed by atoms with van der Waals surface area (Å²) in [5.74, 6) is 0. The van der Waals surface area contributed by atoms with Gasteiger partial charge in [0.1, 0.15) is 5.01 Å². The highest BCUT2D eigenvalue weighted by molar-refractivity contribution is 7.09. The lowest BCUT2D eigenvalue weighted by molar-refractivity contribution is 0.411. The second kappa shape index (κ2) is 3.54. The maximum Gasteiger partial charge on any atom is 0.110 e. The molecule has 1 aromatic heterocycles. The van der Waals surface area contributed by atoms with Crippen LogP contribution in [0.15, 0.2) is 5.38 Å². The van der Waals surface area contributed by atoms with Crippen molar-refractivity contribution >= 4 is 11.3 Å². The third-order valence-corrected chi connectivity index (χ3v) is 3.32. The summed E-state index contributed by atoms with van der Waals surface area (Å²) in [6.45, 7) is 3.21. The van der Waals surface area contributed by atoms with Crippen LogP contribution in [0.25, 0.3) is 0 Å². The predicted octanol–water partition coefficient (Wildman–Crippen LogP) is 2.27. The zero-order valence-electron chi connectivity index (χ0n) is 7.34. The molecule has 0 aromatic carbocycles. The lowest BCUT2D eigenvalue weighted by atomic mass is 10.1. The number of aromatic nitrogens is 1. The standard InChI is InChI=1S/C9H14N2S/c1-7-6-12-9(11-7)8-4-2-3-5-10-8/h6,8,10H,2-5H2,1H3/t8-/m0/s1. The summed E-state index contributed by atoms with van der Waals surface area (Å²) in [4.78, 5) is 4.49. The first-order valence-corrected chi connectivity index (χ1v) is 5.39. The highest BCUT2D eigenvalue weighted by atomic mass is 32.1. The molecule has 1 N–H and O–H groups in total. The second-order valence-electron chi connectivity index (χ2n) is 3.33. The molecule has 0 spiro atoms. The minimum Gasteiger partial charge on any atom is -0.308 e. The summed E-state index contributed by atoms with van der Waals surface area (Å²) in [5, 5.41) is 6.90. The molecule has 0 bridgehead atoms. The summed E-state index contributed by atoms with van der Waals surface area (Å²) >= 11 is 1.78. The molecule has 0 saturated carbocycles. The normalized spacial score (nSPS) is 24.2. The number of rotatable bonds is 1. The van der Waals surface area contributed by atoms with Gasteiger partial charge in [0.2, 0.25) is 0 Å². The molecule has 0 radical (unpaired) electrons. The highest BCUT2D eigenvalue weighted by Crippen LogP contribution is 2.25. The Morgan fingerprint density at radius 1 is 1.58 bits per heavy atom. The summed E-state index contributed by atoms with van der Waals surface area (Å²) in [5.41, 5.74) is 1.15. The van der Waals surface area contributed by atoms with Crippen molar-refractivity contribution in [3.63, 3.8) is 0 Å². The molecule has 66 valence electrons. The smallest absolute Gasteiger partial charge is 0.110 e. The Kier molecular flexibility index (Phi) is 2.42. The summed E-state index contributed by atoms with van der Waals surface area (Å²) in [6.07, 6.45) is 3.92. The van der Waals surface area contributed by atoms with Gasteiger partial charge in [0, 0.05) is 11.1 Å². The van der Waals surface area contributed by atoms with Crippen molar-refractivity contribution in [2.75, 3.05) is 6.54 Å². The number of nitrogens with zero attached hydrogens (tertiary/aromatic N) is 1. The molecular formula is C9H14N2S. The zero-order chi connectivity index (χ0) is 8.39. The molecule has 1 atom stereocenters. The number of thiazole rings is 1. The molecule has 2 rings (SSSR count). The van der Waals surface area contributed by atoms with Crippen LogP contribution in [0.2, 0.25) is 0 Å². The molecule has 2 nitrogen and oxygen atoms in total. The maximum atomic E-state index is 4.49. The molecule has 1 saturated heterocycles. The van der Waals surface area contributed by atoms with Gasteiger partial charge in [-0.25, -0.2) is 4.98 Å². The Bertz CT molecular complexity index is 251. The Labute approximate surface area is 77.0 Å². The molecule has 1 aliphatic rings. The largest absolute Gasteiger partial charge is 0.308 e. The van der Waals surface area contributed by atoms with Gasteiger partial charge in [0.05, 0.1) is 6.04 Å². The Balaban J connectivity index is 2.08. The monoisotopic (exact) mass is 182 g/mol. The van der Waals surface area contributed by atoms with Crippen LogP contribution in [0.4, 0.5) is 0 Å². The van der Waals surface area contributed by atoms with E-state index in [-0.39, 0.29) is 0 Å². The van der Waals surface area contributed by atoms with Gasteiger partial charge < -0.3 is 5.32 Å². The number of nitrogens with one attached hydrogen (secondary N) is 1. The van der Waals surface area contributed by atoms with Gasteiger partial charge in [-0.3, -0.25) is 0 Å². The molecule has 3 heteroatoms. The fourth-order valence-electron chi connectivity index (χ4n) is 1.59. The minimum absolute atomic E-state index is 0.539. The van der Waals surface area contributed by atoms with E-state index in [1.54, 1.807) is 11.3 Å². The molecule has 0 unspecified atom stereocenters. The summed E-state index contributed by atoms with van der Waals surface area (Å²) in [6, 6.07) is 0.539. The van der Waals surface area contributed by atoms with Crippen LogP contribution in [0, 0.1) is 6.92 Å². The van der Waals surface area contributed by atoms with Crippen molar-refractivity contribution in [2.45, 2.75) is 32.2 Å². The van der Waals surface area contributed by atoms with Gasteiger partial charge in [-0.05, 0) is 26.3 Å². The van der Waals surface area contributed by atoms with Crippen molar-refractivity contribution in [3.05, 3.63) is 16.1 Å². The van der Waals surface area contributed by atoms with Crippen LogP contribution in [0.3, 0.4) is 0 Å². The summed E-state index contributed by atoms with van der Waals surface area (Å²) in [7, 11) is 0. The molecule has 2 heterocycles. The fourth-order valence-corrected chi connectivity index (χ4v) is 2.50. The van der Waals surface area contributed by atoms with Crippen molar-refractivity contribution in [1.82, 2.24) is 10.3 Å². The molecule has 0 amide bonds. The lowest BCUT2D eigenvalue weighted by Crippen LogP contribution is -2.26. The van der Waals surface area contributed by atoms with Crippen LogP contribution in [0.5, 0.6) is 0 Å². The first-order chi connectivity index (χ1) is 5.86. The van der Waals surface area contributed by atoms with Crippen molar-refractivity contribution in [1.29, 1.82) is 0 Å². The summed E-state index contributed by atoms with van der Waals surface area (Å²) < 4.78 is 0. The third kappa shape index (κ3) is 1.67. The van der Waals surface area contributed by atoms with E-state index in [4.69, 9.17) is 0 Å². The van der Waals surface area contributed by atoms with Crippen LogP contribution < -0.4 is 5.32 Å². The van der Waals surface area contributed by atoms with E-state index < -0.39 is 0 Å². The molecule has 12 heavy (non-hydrogen) atoms. The van der Waals surface area contributed by atoms with Crippen LogP contribution >= 0.6 is 11.3 Å². The van der Waals surface area contributed by atoms with Gasteiger partial charge >= 0.3 is 0 Å². The highest BCUT2D eigenvalue weighted by Gasteiger charge is 2.16. The van der Waals surface area contributed by atoms with Crippen LogP contribution in [-0.4, -0.2) is 11.5 Å². The first-order valence-electron chi connectivity index (χ1n) is 4.51. The zero-order valence-corrected chi connectivity index (χ0v) is 8.16. The van der Waals surface area contributed by atoms with Gasteiger partial charge in [0.15, 0.2) is 0 Å². The average Bonchev–Trinajstić information content (AvgIpc) is 2.54. The van der Waals surface area contributed by atoms with E-state index in [1.165, 1.54) is 24.3 Å². The van der Waals surface area contributed by atoms with Gasteiger partial charge in [-0.1, -0.05) is 6.42 Å². The van der Waals surface area contributed by atoms with Crippen molar-refractivity contribution in [3.8, 4) is 0 Å². The maximum absolute atomic E-state index is 4.49. The predicted molar refractivity (Wildman–Crippen MR) is 51.4 cm³/mol. The number of piperidine rings is 1. The van der Waals surface area contributed by atoms with E-state index in [9.17, 15) is 0 Å². The van der Waals surface area contributed by atoms with Crippen molar-refractivity contribution < 1.29 is 0 Å². The lowest BCUT2D eigenvalue weighted by Gasteiger charge is -2.21. The van der Waals surface area contributed by atoms with E-state index in [1.807, 2.05) is 0 Å². The molecule has 1 aromatic rings. The Morgan fingerprint density at radius 3 is 3.08 bits per heavy atom. The SMILES string of the molecule is Cc1csc([C@@H]2CCCCN2)n1. The van der Waals surface area contributed by atoms with E-state index in [2.05, 4.69) is 22.6 Å². The number of hydrogen-bond acceptors (Lipinski definition) is 3.